The maximum absolute atomic E-state index is 12.2. The van der Waals surface area contributed by atoms with Gasteiger partial charge >= 0.3 is 0 Å². The van der Waals surface area contributed by atoms with Gasteiger partial charge in [-0.25, -0.2) is 18.1 Å². The molecular weight excluding hydrogens is 312 g/mol. The second-order valence-electron chi connectivity index (χ2n) is 4.52. The molecular formula is C13H17ClN4O2S. The van der Waals surface area contributed by atoms with Crippen molar-refractivity contribution in [3.63, 3.8) is 0 Å². The second-order valence-corrected chi connectivity index (χ2v) is 6.66. The van der Waals surface area contributed by atoms with Crippen LogP contribution in [0.25, 0.3) is 0 Å². The molecule has 0 saturated heterocycles. The van der Waals surface area contributed by atoms with Gasteiger partial charge in [0, 0.05) is 32.0 Å². The van der Waals surface area contributed by atoms with Crippen LogP contribution in [0.3, 0.4) is 0 Å². The fourth-order valence-electron chi connectivity index (χ4n) is 1.85. The average molecular weight is 329 g/mol. The lowest BCUT2D eigenvalue weighted by atomic mass is 10.2. The van der Waals surface area contributed by atoms with Crippen molar-refractivity contribution in [1.82, 2.24) is 14.3 Å². The van der Waals surface area contributed by atoms with Gasteiger partial charge in [0.25, 0.3) is 0 Å². The molecule has 1 heterocycles. The molecule has 0 aliphatic heterocycles. The van der Waals surface area contributed by atoms with Gasteiger partial charge in [-0.2, -0.15) is 0 Å². The Morgan fingerprint density at radius 2 is 2.19 bits per heavy atom. The number of rotatable bonds is 7. The van der Waals surface area contributed by atoms with E-state index >= 15 is 0 Å². The van der Waals surface area contributed by atoms with Crippen LogP contribution in [0.2, 0.25) is 5.02 Å². The van der Waals surface area contributed by atoms with Crippen molar-refractivity contribution in [2.75, 3.05) is 6.54 Å². The van der Waals surface area contributed by atoms with E-state index in [0.717, 1.165) is 5.56 Å². The molecule has 0 unspecified atom stereocenters. The minimum atomic E-state index is -3.63. The largest absolute Gasteiger partial charge is 0.337 e. The van der Waals surface area contributed by atoms with Gasteiger partial charge in [-0.3, -0.25) is 0 Å². The molecule has 6 nitrogen and oxygen atoms in total. The van der Waals surface area contributed by atoms with E-state index in [2.05, 4.69) is 9.71 Å². The monoisotopic (exact) mass is 328 g/mol. The topological polar surface area (TPSA) is 90.0 Å². The SMILES string of the molecule is NCc1ccc(Cl)c(S(=O)(=O)NCCCn2ccnc2)c1. The smallest absolute Gasteiger partial charge is 0.242 e. The summed E-state index contributed by atoms with van der Waals surface area (Å²) in [5.41, 5.74) is 6.24. The van der Waals surface area contributed by atoms with Gasteiger partial charge in [-0.1, -0.05) is 17.7 Å². The lowest BCUT2D eigenvalue weighted by Gasteiger charge is -2.10. The molecule has 2 aromatic rings. The van der Waals surface area contributed by atoms with Crippen molar-refractivity contribution in [2.45, 2.75) is 24.4 Å². The number of halogens is 1. The highest BCUT2D eigenvalue weighted by Crippen LogP contribution is 2.22. The summed E-state index contributed by atoms with van der Waals surface area (Å²) in [6.45, 7) is 1.28. The summed E-state index contributed by atoms with van der Waals surface area (Å²) in [5, 5.41) is 0.189. The van der Waals surface area contributed by atoms with Crippen molar-refractivity contribution in [2.24, 2.45) is 5.73 Å². The summed E-state index contributed by atoms with van der Waals surface area (Å²) in [7, 11) is -3.63. The molecule has 21 heavy (non-hydrogen) atoms. The quantitative estimate of drug-likeness (QED) is 0.751. The number of nitrogens with zero attached hydrogens (tertiary/aromatic N) is 2. The van der Waals surface area contributed by atoms with Gasteiger partial charge in [0.2, 0.25) is 10.0 Å². The summed E-state index contributed by atoms with van der Waals surface area (Å²) < 4.78 is 28.9. The van der Waals surface area contributed by atoms with Gasteiger partial charge in [-0.05, 0) is 24.1 Å². The molecule has 0 fully saturated rings. The maximum atomic E-state index is 12.2. The Morgan fingerprint density at radius 3 is 2.86 bits per heavy atom. The predicted octanol–water partition coefficient (Wildman–Crippen LogP) is 1.36. The normalized spacial score (nSPS) is 11.7. The number of sulfonamides is 1. The Hall–Kier alpha value is -1.41. The Morgan fingerprint density at radius 1 is 1.38 bits per heavy atom. The van der Waals surface area contributed by atoms with E-state index < -0.39 is 10.0 Å². The Bertz CT molecular complexity index is 686. The first-order chi connectivity index (χ1) is 10.0. The van der Waals surface area contributed by atoms with Crippen LogP contribution < -0.4 is 10.5 Å². The highest BCUT2D eigenvalue weighted by molar-refractivity contribution is 7.89. The Labute approximate surface area is 129 Å². The highest BCUT2D eigenvalue weighted by atomic mass is 35.5. The molecule has 0 atom stereocenters. The molecule has 0 aliphatic rings. The Balaban J connectivity index is 1.98. The summed E-state index contributed by atoms with van der Waals surface area (Å²) >= 11 is 5.96. The number of nitrogens with one attached hydrogen (secondary N) is 1. The fourth-order valence-corrected chi connectivity index (χ4v) is 3.47. The number of hydrogen-bond acceptors (Lipinski definition) is 4. The molecule has 1 aromatic carbocycles. The zero-order chi connectivity index (χ0) is 15.3. The van der Waals surface area contributed by atoms with E-state index in [1.165, 1.54) is 6.07 Å². The van der Waals surface area contributed by atoms with E-state index in [-0.39, 0.29) is 16.5 Å². The zero-order valence-electron chi connectivity index (χ0n) is 11.4. The van der Waals surface area contributed by atoms with Gasteiger partial charge in [0.1, 0.15) is 4.90 Å². The molecule has 114 valence electrons. The summed E-state index contributed by atoms with van der Waals surface area (Å²) in [4.78, 5) is 3.99. The summed E-state index contributed by atoms with van der Waals surface area (Å²) in [6, 6.07) is 4.75. The van der Waals surface area contributed by atoms with E-state index in [9.17, 15) is 8.42 Å². The summed E-state index contributed by atoms with van der Waals surface area (Å²) in [5.74, 6) is 0. The van der Waals surface area contributed by atoms with Crippen LogP contribution in [0.15, 0.2) is 41.8 Å². The van der Waals surface area contributed by atoms with Crippen LogP contribution in [0, 0.1) is 0 Å². The molecule has 8 heteroatoms. The molecule has 1 aromatic heterocycles. The first-order valence-electron chi connectivity index (χ1n) is 6.47. The molecule has 0 radical (unpaired) electrons. The van der Waals surface area contributed by atoms with Crippen LogP contribution in [0.5, 0.6) is 0 Å². The second kappa shape index (κ2) is 7.04. The number of hydrogen-bond donors (Lipinski definition) is 2. The van der Waals surface area contributed by atoms with Crippen LogP contribution in [-0.2, 0) is 23.1 Å². The van der Waals surface area contributed by atoms with Crippen LogP contribution in [0.4, 0.5) is 0 Å². The number of aromatic nitrogens is 2. The number of nitrogens with two attached hydrogens (primary N) is 1. The maximum Gasteiger partial charge on any atom is 0.242 e. The molecule has 3 N–H and O–H groups in total. The first kappa shape index (κ1) is 16.0. The van der Waals surface area contributed by atoms with Crippen molar-refractivity contribution < 1.29 is 8.42 Å². The third-order valence-corrected chi connectivity index (χ3v) is 4.91. The average Bonchev–Trinajstić information content (AvgIpc) is 2.97. The van der Waals surface area contributed by atoms with Crippen molar-refractivity contribution in [1.29, 1.82) is 0 Å². The predicted molar refractivity (Wildman–Crippen MR) is 81.4 cm³/mol. The highest BCUT2D eigenvalue weighted by Gasteiger charge is 2.17. The van der Waals surface area contributed by atoms with Crippen molar-refractivity contribution >= 4 is 21.6 Å². The van der Waals surface area contributed by atoms with Gasteiger partial charge in [0.05, 0.1) is 11.3 Å². The van der Waals surface area contributed by atoms with Crippen molar-refractivity contribution in [3.8, 4) is 0 Å². The van der Waals surface area contributed by atoms with Gasteiger partial charge < -0.3 is 10.3 Å². The van der Waals surface area contributed by atoms with E-state index in [1.54, 1.807) is 24.7 Å². The number of imidazole rings is 1. The summed E-state index contributed by atoms with van der Waals surface area (Å²) in [6.07, 6.45) is 5.86. The fraction of sp³-hybridized carbons (Fsp3) is 0.308. The lowest BCUT2D eigenvalue weighted by Crippen LogP contribution is -2.26. The molecule has 0 spiro atoms. The van der Waals surface area contributed by atoms with E-state index in [4.69, 9.17) is 17.3 Å². The lowest BCUT2D eigenvalue weighted by molar-refractivity contribution is 0.569. The third kappa shape index (κ3) is 4.28. The molecule has 0 aliphatic carbocycles. The third-order valence-electron chi connectivity index (χ3n) is 2.97. The zero-order valence-corrected chi connectivity index (χ0v) is 12.9. The molecule has 2 rings (SSSR count). The first-order valence-corrected chi connectivity index (χ1v) is 8.33. The van der Waals surface area contributed by atoms with Gasteiger partial charge in [0.15, 0.2) is 0 Å². The number of aryl methyl sites for hydroxylation is 1. The van der Waals surface area contributed by atoms with E-state index in [0.29, 0.717) is 19.5 Å². The van der Waals surface area contributed by atoms with Crippen LogP contribution in [0.1, 0.15) is 12.0 Å². The molecule has 0 bridgehead atoms. The van der Waals surface area contributed by atoms with E-state index in [1.807, 2.05) is 10.8 Å². The minimum Gasteiger partial charge on any atom is -0.337 e. The van der Waals surface area contributed by atoms with Gasteiger partial charge in [-0.15, -0.1) is 0 Å². The standard InChI is InChI=1S/C13H17ClN4O2S/c14-12-3-2-11(9-15)8-13(12)21(19,20)17-4-1-6-18-7-5-16-10-18/h2-3,5,7-8,10,17H,1,4,6,9,15H2. The Kier molecular flexibility index (Phi) is 5.35. The van der Waals surface area contributed by atoms with Crippen LogP contribution >= 0.6 is 11.6 Å². The molecule has 0 amide bonds. The van der Waals surface area contributed by atoms with Crippen LogP contribution in [-0.4, -0.2) is 24.5 Å². The molecule has 0 saturated carbocycles. The minimum absolute atomic E-state index is 0.0646. The van der Waals surface area contributed by atoms with Crippen molar-refractivity contribution in [3.05, 3.63) is 47.5 Å². The number of benzene rings is 1.